The maximum Gasteiger partial charge on any atom is 0.225 e. The quantitative estimate of drug-likeness (QED) is 0.740. The Bertz CT molecular complexity index is 312. The molecule has 1 aromatic heterocycles. The van der Waals surface area contributed by atoms with Crippen molar-refractivity contribution in [1.29, 1.82) is 0 Å². The van der Waals surface area contributed by atoms with Crippen molar-refractivity contribution in [3.8, 4) is 0 Å². The number of likely N-dealkylation sites (N-methyl/N-ethyl adjacent to an activating group) is 1. The lowest BCUT2D eigenvalue weighted by molar-refractivity contribution is 0.553. The van der Waals surface area contributed by atoms with Gasteiger partial charge in [0.05, 0.1) is 0 Å². The maximum absolute atomic E-state index is 4.37. The van der Waals surface area contributed by atoms with Crippen LogP contribution in [0.15, 0.2) is 12.3 Å². The number of nitrogens with one attached hydrogen (secondary N) is 1. The lowest BCUT2D eigenvalue weighted by Gasteiger charge is -2.17. The highest BCUT2D eigenvalue weighted by Crippen LogP contribution is 2.03. The Balaban J connectivity index is 2.32. The molecule has 1 N–H and O–H groups in total. The van der Waals surface area contributed by atoms with Crippen LogP contribution in [0, 0.1) is 12.8 Å². The summed E-state index contributed by atoms with van der Waals surface area (Å²) in [6.45, 7) is 9.35. The highest BCUT2D eigenvalue weighted by atomic mass is 15.2. The van der Waals surface area contributed by atoms with Gasteiger partial charge in [0.2, 0.25) is 5.95 Å². The number of hydrogen-bond acceptors (Lipinski definition) is 4. The first-order chi connectivity index (χ1) is 7.59. The Labute approximate surface area is 98.1 Å². The third-order valence-electron chi connectivity index (χ3n) is 2.30. The van der Waals surface area contributed by atoms with Gasteiger partial charge in [-0.25, -0.2) is 9.97 Å². The van der Waals surface area contributed by atoms with Gasteiger partial charge < -0.3 is 10.2 Å². The van der Waals surface area contributed by atoms with Crippen molar-refractivity contribution >= 4 is 5.95 Å². The minimum Gasteiger partial charge on any atom is -0.343 e. The fourth-order valence-electron chi connectivity index (χ4n) is 1.36. The van der Waals surface area contributed by atoms with E-state index in [0.717, 1.165) is 31.3 Å². The summed E-state index contributed by atoms with van der Waals surface area (Å²) in [6.07, 6.45) is 1.80. The molecule has 0 fully saturated rings. The first kappa shape index (κ1) is 12.9. The Morgan fingerprint density at radius 3 is 2.81 bits per heavy atom. The van der Waals surface area contributed by atoms with Gasteiger partial charge in [0.1, 0.15) is 0 Å². The molecule has 0 atom stereocenters. The molecule has 1 rings (SSSR count). The standard InChI is InChI=1S/C12H22N4/c1-10(2)9-13-7-8-16(4)12-14-6-5-11(3)15-12/h5-6,10,13H,7-9H2,1-4H3. The zero-order chi connectivity index (χ0) is 12.0. The first-order valence-electron chi connectivity index (χ1n) is 5.81. The van der Waals surface area contributed by atoms with E-state index in [1.165, 1.54) is 0 Å². The molecule has 0 saturated carbocycles. The third kappa shape index (κ3) is 4.57. The molecule has 0 amide bonds. The molecule has 0 aliphatic carbocycles. The topological polar surface area (TPSA) is 41.1 Å². The van der Waals surface area contributed by atoms with Gasteiger partial charge in [-0.15, -0.1) is 0 Å². The molecule has 0 unspecified atom stereocenters. The molecule has 0 spiro atoms. The van der Waals surface area contributed by atoms with E-state index in [-0.39, 0.29) is 0 Å². The van der Waals surface area contributed by atoms with E-state index < -0.39 is 0 Å². The Morgan fingerprint density at radius 2 is 2.19 bits per heavy atom. The highest BCUT2D eigenvalue weighted by Gasteiger charge is 2.03. The van der Waals surface area contributed by atoms with E-state index in [2.05, 4.69) is 34.0 Å². The van der Waals surface area contributed by atoms with Crippen molar-refractivity contribution < 1.29 is 0 Å². The van der Waals surface area contributed by atoms with Crippen LogP contribution in [0.4, 0.5) is 5.95 Å². The lowest BCUT2D eigenvalue weighted by atomic mass is 10.2. The SMILES string of the molecule is Cc1ccnc(N(C)CCNCC(C)C)n1. The van der Waals surface area contributed by atoms with Gasteiger partial charge in [-0.1, -0.05) is 13.8 Å². The van der Waals surface area contributed by atoms with Crippen molar-refractivity contribution in [2.24, 2.45) is 5.92 Å². The second-order valence-electron chi connectivity index (χ2n) is 4.52. The summed E-state index contributed by atoms with van der Waals surface area (Å²) in [4.78, 5) is 10.7. The Morgan fingerprint density at radius 1 is 1.44 bits per heavy atom. The van der Waals surface area contributed by atoms with Gasteiger partial charge in [-0.2, -0.15) is 0 Å². The molecule has 0 aliphatic rings. The average Bonchev–Trinajstić information content (AvgIpc) is 2.24. The summed E-state index contributed by atoms with van der Waals surface area (Å²) in [6, 6.07) is 1.91. The molecule has 90 valence electrons. The van der Waals surface area contributed by atoms with Crippen LogP contribution in [-0.4, -0.2) is 36.6 Å². The van der Waals surface area contributed by atoms with Crippen LogP contribution < -0.4 is 10.2 Å². The summed E-state index contributed by atoms with van der Waals surface area (Å²) in [7, 11) is 2.02. The molecule has 0 radical (unpaired) electrons. The number of aromatic nitrogens is 2. The summed E-state index contributed by atoms with van der Waals surface area (Å²) in [5.74, 6) is 1.49. The fourth-order valence-corrected chi connectivity index (χ4v) is 1.36. The molecule has 4 heteroatoms. The van der Waals surface area contributed by atoms with E-state index >= 15 is 0 Å². The minimum atomic E-state index is 0.695. The number of rotatable bonds is 6. The van der Waals surface area contributed by atoms with Crippen LogP contribution in [-0.2, 0) is 0 Å². The number of aryl methyl sites for hydroxylation is 1. The summed E-state index contributed by atoms with van der Waals surface area (Å²) < 4.78 is 0. The largest absolute Gasteiger partial charge is 0.343 e. The van der Waals surface area contributed by atoms with E-state index in [4.69, 9.17) is 0 Å². The molecule has 0 aliphatic heterocycles. The molecule has 0 saturated heterocycles. The van der Waals surface area contributed by atoms with Crippen molar-refractivity contribution in [3.05, 3.63) is 18.0 Å². The van der Waals surface area contributed by atoms with Crippen LogP contribution in [0.3, 0.4) is 0 Å². The van der Waals surface area contributed by atoms with Gasteiger partial charge in [-0.3, -0.25) is 0 Å². The molecule has 0 aromatic carbocycles. The first-order valence-corrected chi connectivity index (χ1v) is 5.81. The summed E-state index contributed by atoms with van der Waals surface area (Å²) in [5, 5.41) is 3.40. The molecule has 4 nitrogen and oxygen atoms in total. The fraction of sp³-hybridized carbons (Fsp3) is 0.667. The van der Waals surface area contributed by atoms with Crippen LogP contribution in [0.1, 0.15) is 19.5 Å². The lowest BCUT2D eigenvalue weighted by Crippen LogP contribution is -2.32. The number of anilines is 1. The predicted molar refractivity (Wildman–Crippen MR) is 67.7 cm³/mol. The molecule has 1 aromatic rings. The molecule has 0 bridgehead atoms. The zero-order valence-electron chi connectivity index (χ0n) is 10.7. The van der Waals surface area contributed by atoms with Crippen molar-refractivity contribution in [3.63, 3.8) is 0 Å². The van der Waals surface area contributed by atoms with Crippen LogP contribution in [0.5, 0.6) is 0 Å². The molecular weight excluding hydrogens is 200 g/mol. The second kappa shape index (κ2) is 6.43. The number of hydrogen-bond donors (Lipinski definition) is 1. The van der Waals surface area contributed by atoms with Crippen LogP contribution in [0.2, 0.25) is 0 Å². The van der Waals surface area contributed by atoms with E-state index in [0.29, 0.717) is 5.92 Å². The van der Waals surface area contributed by atoms with Gasteiger partial charge in [0.15, 0.2) is 0 Å². The van der Waals surface area contributed by atoms with Gasteiger partial charge in [-0.05, 0) is 25.5 Å². The van der Waals surface area contributed by atoms with Crippen molar-refractivity contribution in [2.45, 2.75) is 20.8 Å². The van der Waals surface area contributed by atoms with E-state index in [1.54, 1.807) is 6.20 Å². The van der Waals surface area contributed by atoms with E-state index in [9.17, 15) is 0 Å². The number of nitrogens with zero attached hydrogens (tertiary/aromatic N) is 3. The zero-order valence-corrected chi connectivity index (χ0v) is 10.7. The monoisotopic (exact) mass is 222 g/mol. The normalized spacial score (nSPS) is 10.8. The molecule has 1 heterocycles. The highest BCUT2D eigenvalue weighted by molar-refractivity contribution is 5.28. The minimum absolute atomic E-state index is 0.695. The van der Waals surface area contributed by atoms with Crippen LogP contribution in [0.25, 0.3) is 0 Å². The maximum atomic E-state index is 4.37. The van der Waals surface area contributed by atoms with E-state index in [1.807, 2.05) is 20.0 Å². The van der Waals surface area contributed by atoms with Gasteiger partial charge in [0.25, 0.3) is 0 Å². The summed E-state index contributed by atoms with van der Waals surface area (Å²) in [5.41, 5.74) is 1.01. The summed E-state index contributed by atoms with van der Waals surface area (Å²) >= 11 is 0. The Kier molecular flexibility index (Phi) is 5.19. The second-order valence-corrected chi connectivity index (χ2v) is 4.52. The van der Waals surface area contributed by atoms with Gasteiger partial charge >= 0.3 is 0 Å². The predicted octanol–water partition coefficient (Wildman–Crippen LogP) is 1.47. The Hall–Kier alpha value is -1.16. The third-order valence-corrected chi connectivity index (χ3v) is 2.30. The average molecular weight is 222 g/mol. The van der Waals surface area contributed by atoms with Crippen LogP contribution >= 0.6 is 0 Å². The molecular formula is C12H22N4. The van der Waals surface area contributed by atoms with Gasteiger partial charge in [0, 0.05) is 32.0 Å². The molecule has 16 heavy (non-hydrogen) atoms. The van der Waals surface area contributed by atoms with Crippen molar-refractivity contribution in [1.82, 2.24) is 15.3 Å². The smallest absolute Gasteiger partial charge is 0.225 e. The van der Waals surface area contributed by atoms with Crippen molar-refractivity contribution in [2.75, 3.05) is 31.6 Å².